The maximum atomic E-state index is 6.21. The predicted molar refractivity (Wildman–Crippen MR) is 87.4 cm³/mol. The minimum absolute atomic E-state index is 0.159. The van der Waals surface area contributed by atoms with Gasteiger partial charge in [-0.3, -0.25) is 4.90 Å². The molecule has 0 bridgehead atoms. The molecule has 1 saturated heterocycles. The number of fused-ring (bicyclic) bond motifs is 1. The monoisotopic (exact) mass is 306 g/mol. The van der Waals surface area contributed by atoms with Crippen LogP contribution in [0.3, 0.4) is 0 Å². The quantitative estimate of drug-likeness (QED) is 0.928. The van der Waals surface area contributed by atoms with Gasteiger partial charge in [-0.25, -0.2) is 4.98 Å². The second kappa shape index (κ2) is 5.27. The van der Waals surface area contributed by atoms with Crippen molar-refractivity contribution in [3.05, 3.63) is 29.0 Å². The van der Waals surface area contributed by atoms with Gasteiger partial charge in [0.15, 0.2) is 0 Å². The summed E-state index contributed by atoms with van der Waals surface area (Å²) in [5.74, 6) is 1.08. The number of hydrogen-bond acceptors (Lipinski definition) is 3. The van der Waals surface area contributed by atoms with E-state index in [1.165, 1.54) is 0 Å². The van der Waals surface area contributed by atoms with Crippen molar-refractivity contribution in [2.24, 2.45) is 18.2 Å². The lowest BCUT2D eigenvalue weighted by Gasteiger charge is -2.42. The van der Waals surface area contributed by atoms with Crippen molar-refractivity contribution in [3.63, 3.8) is 0 Å². The zero-order chi connectivity index (χ0) is 15.2. The normalized spacial score (nSPS) is 22.8. The summed E-state index contributed by atoms with van der Waals surface area (Å²) in [4.78, 5) is 7.20. The van der Waals surface area contributed by atoms with Gasteiger partial charge < -0.3 is 10.3 Å². The fourth-order valence-corrected chi connectivity index (χ4v) is 3.34. The molecule has 2 N–H and O–H groups in total. The van der Waals surface area contributed by atoms with Crippen molar-refractivity contribution in [3.8, 4) is 0 Å². The van der Waals surface area contributed by atoms with Crippen molar-refractivity contribution in [2.75, 3.05) is 13.1 Å². The zero-order valence-electron chi connectivity index (χ0n) is 12.9. The number of imidazole rings is 1. The Morgan fingerprint density at radius 3 is 2.90 bits per heavy atom. The van der Waals surface area contributed by atoms with Gasteiger partial charge in [0.25, 0.3) is 0 Å². The molecule has 21 heavy (non-hydrogen) atoms. The van der Waals surface area contributed by atoms with Crippen LogP contribution < -0.4 is 5.73 Å². The largest absolute Gasteiger partial charge is 0.330 e. The van der Waals surface area contributed by atoms with Crippen LogP contribution in [-0.4, -0.2) is 33.6 Å². The van der Waals surface area contributed by atoms with Gasteiger partial charge in [-0.15, -0.1) is 0 Å². The number of benzene rings is 1. The lowest BCUT2D eigenvalue weighted by atomic mass is 9.80. The average Bonchev–Trinajstić information content (AvgIpc) is 2.71. The van der Waals surface area contributed by atoms with Gasteiger partial charge in [-0.1, -0.05) is 25.4 Å². The Morgan fingerprint density at radius 2 is 2.19 bits per heavy atom. The van der Waals surface area contributed by atoms with Crippen LogP contribution in [0.15, 0.2) is 18.2 Å². The molecule has 1 aliphatic rings. The minimum Gasteiger partial charge on any atom is -0.330 e. The Bertz CT molecular complexity index is 662. The molecule has 3 rings (SSSR count). The topological polar surface area (TPSA) is 47.1 Å². The Balaban J connectivity index is 1.84. The summed E-state index contributed by atoms with van der Waals surface area (Å²) in [6.07, 6.45) is 1.04. The SMILES string of the molecule is Cn1c(CN2CCC(N)C(C)(C)C2)nc2ccc(Cl)cc21. The number of halogens is 1. The summed E-state index contributed by atoms with van der Waals surface area (Å²) < 4.78 is 2.14. The van der Waals surface area contributed by atoms with Crippen LogP contribution in [0.5, 0.6) is 0 Å². The first-order valence-electron chi connectivity index (χ1n) is 7.45. The van der Waals surface area contributed by atoms with Gasteiger partial charge in [-0.05, 0) is 30.0 Å². The average molecular weight is 307 g/mol. The van der Waals surface area contributed by atoms with Gasteiger partial charge in [-0.2, -0.15) is 0 Å². The van der Waals surface area contributed by atoms with Gasteiger partial charge in [0, 0.05) is 31.2 Å². The van der Waals surface area contributed by atoms with Crippen LogP contribution in [0.1, 0.15) is 26.1 Å². The maximum absolute atomic E-state index is 6.21. The number of hydrogen-bond donors (Lipinski definition) is 1. The van der Waals surface area contributed by atoms with E-state index in [0.717, 1.165) is 47.9 Å². The van der Waals surface area contributed by atoms with E-state index in [1.54, 1.807) is 0 Å². The summed E-state index contributed by atoms with van der Waals surface area (Å²) >= 11 is 6.08. The number of likely N-dealkylation sites (tertiary alicyclic amines) is 1. The Kier molecular flexibility index (Phi) is 3.72. The molecule has 5 heteroatoms. The highest BCUT2D eigenvalue weighted by Gasteiger charge is 2.33. The molecule has 0 aliphatic carbocycles. The van der Waals surface area contributed by atoms with E-state index in [1.807, 2.05) is 18.2 Å². The van der Waals surface area contributed by atoms with E-state index in [2.05, 4.69) is 30.4 Å². The zero-order valence-corrected chi connectivity index (χ0v) is 13.7. The molecular formula is C16H23ClN4. The van der Waals surface area contributed by atoms with Crippen LogP contribution >= 0.6 is 11.6 Å². The Labute approximate surface area is 130 Å². The molecule has 114 valence electrons. The smallest absolute Gasteiger partial charge is 0.123 e. The molecule has 0 amide bonds. The van der Waals surface area contributed by atoms with Crippen LogP contribution in [0, 0.1) is 5.41 Å². The molecule has 0 saturated carbocycles. The second-order valence-corrected chi connectivity index (χ2v) is 7.25. The van der Waals surface area contributed by atoms with E-state index in [0.29, 0.717) is 0 Å². The first-order valence-corrected chi connectivity index (χ1v) is 7.83. The summed E-state index contributed by atoms with van der Waals surface area (Å²) in [6.45, 7) is 7.41. The molecule has 1 aromatic heterocycles. The highest BCUT2D eigenvalue weighted by molar-refractivity contribution is 6.31. The van der Waals surface area contributed by atoms with Gasteiger partial charge in [0.1, 0.15) is 5.82 Å². The summed E-state index contributed by atoms with van der Waals surface area (Å²) in [7, 11) is 2.06. The fraction of sp³-hybridized carbons (Fsp3) is 0.562. The van der Waals surface area contributed by atoms with Crippen molar-refractivity contribution < 1.29 is 0 Å². The number of piperidine rings is 1. The molecule has 0 spiro atoms. The third-order valence-electron chi connectivity index (χ3n) is 4.69. The molecule has 1 aliphatic heterocycles. The Hall–Kier alpha value is -1.10. The number of aromatic nitrogens is 2. The second-order valence-electron chi connectivity index (χ2n) is 6.81. The van der Waals surface area contributed by atoms with E-state index < -0.39 is 0 Å². The summed E-state index contributed by atoms with van der Waals surface area (Å²) in [6, 6.07) is 6.14. The Morgan fingerprint density at radius 1 is 1.43 bits per heavy atom. The molecule has 1 unspecified atom stereocenters. The van der Waals surface area contributed by atoms with Crippen molar-refractivity contribution in [1.82, 2.24) is 14.5 Å². The van der Waals surface area contributed by atoms with Crippen molar-refractivity contribution >= 4 is 22.6 Å². The molecular weight excluding hydrogens is 284 g/mol. The third-order valence-corrected chi connectivity index (χ3v) is 4.93. The van der Waals surface area contributed by atoms with E-state index in [4.69, 9.17) is 22.3 Å². The highest BCUT2D eigenvalue weighted by Crippen LogP contribution is 2.29. The highest BCUT2D eigenvalue weighted by atomic mass is 35.5. The van der Waals surface area contributed by atoms with Gasteiger partial charge in [0.2, 0.25) is 0 Å². The van der Waals surface area contributed by atoms with E-state index in [-0.39, 0.29) is 11.5 Å². The fourth-order valence-electron chi connectivity index (χ4n) is 3.17. The molecule has 1 aromatic carbocycles. The standard InChI is InChI=1S/C16H23ClN4/c1-16(2)10-21(7-6-14(16)18)9-15-19-12-5-4-11(17)8-13(12)20(15)3/h4-5,8,14H,6-7,9-10,18H2,1-3H3. The number of nitrogens with zero attached hydrogens (tertiary/aromatic N) is 3. The van der Waals surface area contributed by atoms with Crippen molar-refractivity contribution in [1.29, 1.82) is 0 Å². The lowest BCUT2D eigenvalue weighted by Crippen LogP contribution is -2.52. The molecule has 1 atom stereocenters. The van der Waals surface area contributed by atoms with Crippen LogP contribution in [0.2, 0.25) is 5.02 Å². The summed E-state index contributed by atoms with van der Waals surface area (Å²) in [5.41, 5.74) is 8.47. The predicted octanol–water partition coefficient (Wildman–Crippen LogP) is 2.79. The molecule has 4 nitrogen and oxygen atoms in total. The van der Waals surface area contributed by atoms with Gasteiger partial charge >= 0.3 is 0 Å². The summed E-state index contributed by atoms with van der Waals surface area (Å²) in [5, 5.41) is 0.752. The number of rotatable bonds is 2. The molecule has 2 heterocycles. The number of nitrogens with two attached hydrogens (primary N) is 1. The van der Waals surface area contributed by atoms with Crippen molar-refractivity contribution in [2.45, 2.75) is 32.9 Å². The van der Waals surface area contributed by atoms with Crippen LogP contribution in [-0.2, 0) is 13.6 Å². The van der Waals surface area contributed by atoms with E-state index in [9.17, 15) is 0 Å². The van der Waals surface area contributed by atoms with Gasteiger partial charge in [0.05, 0.1) is 17.6 Å². The maximum Gasteiger partial charge on any atom is 0.123 e. The molecule has 0 radical (unpaired) electrons. The number of aryl methyl sites for hydroxylation is 1. The van der Waals surface area contributed by atoms with E-state index >= 15 is 0 Å². The first kappa shape index (κ1) is 14.8. The minimum atomic E-state index is 0.159. The molecule has 2 aromatic rings. The van der Waals surface area contributed by atoms with Crippen LogP contribution in [0.25, 0.3) is 11.0 Å². The molecule has 1 fully saturated rings. The third kappa shape index (κ3) is 2.80. The lowest BCUT2D eigenvalue weighted by molar-refractivity contribution is 0.0873. The van der Waals surface area contributed by atoms with Crippen LogP contribution in [0.4, 0.5) is 0 Å². The first-order chi connectivity index (χ1) is 9.87.